The van der Waals surface area contributed by atoms with E-state index < -0.39 is 30.6 Å². The first-order chi connectivity index (χ1) is 15.9. The fraction of sp³-hybridized carbons (Fsp3) is 0.667. The summed E-state index contributed by atoms with van der Waals surface area (Å²) in [6.07, 6.45) is 9.39. The lowest BCUT2D eigenvalue weighted by Crippen LogP contribution is -2.56. The Morgan fingerprint density at radius 3 is 2.42 bits per heavy atom. The van der Waals surface area contributed by atoms with Crippen LogP contribution in [0.4, 0.5) is 4.79 Å². The van der Waals surface area contributed by atoms with E-state index in [9.17, 15) is 19.2 Å². The molecule has 2 heterocycles. The summed E-state index contributed by atoms with van der Waals surface area (Å²) in [5.41, 5.74) is -0.304. The summed E-state index contributed by atoms with van der Waals surface area (Å²) in [5.74, 6) is 1.31. The van der Waals surface area contributed by atoms with E-state index in [1.165, 1.54) is 25.5 Å². The van der Waals surface area contributed by atoms with Crippen molar-refractivity contribution >= 4 is 23.8 Å². The van der Waals surface area contributed by atoms with Gasteiger partial charge in [0, 0.05) is 6.54 Å². The van der Waals surface area contributed by atoms with Gasteiger partial charge in [0.25, 0.3) is 5.91 Å². The molecule has 4 amide bonds. The summed E-state index contributed by atoms with van der Waals surface area (Å²) < 4.78 is 10.3. The number of ether oxygens (including phenoxy) is 1. The van der Waals surface area contributed by atoms with Crippen molar-refractivity contribution in [2.45, 2.75) is 64.0 Å². The van der Waals surface area contributed by atoms with Crippen molar-refractivity contribution in [2.24, 2.45) is 23.2 Å². The van der Waals surface area contributed by atoms with Crippen LogP contribution in [-0.4, -0.2) is 47.9 Å². The Morgan fingerprint density at radius 1 is 1.09 bits per heavy atom. The molecule has 1 atom stereocenters. The van der Waals surface area contributed by atoms with Gasteiger partial charge in [-0.25, -0.2) is 9.59 Å². The quantitative estimate of drug-likeness (QED) is 0.633. The minimum atomic E-state index is -0.725. The van der Waals surface area contributed by atoms with Crippen LogP contribution in [0.1, 0.15) is 57.1 Å². The maximum atomic E-state index is 13.6. The third-order valence-corrected chi connectivity index (χ3v) is 7.88. The third-order valence-electron chi connectivity index (χ3n) is 7.88. The number of urea groups is 1. The average Bonchev–Trinajstić information content (AvgIpc) is 3.46. The van der Waals surface area contributed by atoms with Crippen molar-refractivity contribution in [1.29, 1.82) is 0 Å². The minimum Gasteiger partial charge on any atom is -0.467 e. The molecule has 178 valence electrons. The van der Waals surface area contributed by atoms with Crippen LogP contribution in [0.2, 0.25) is 0 Å². The van der Waals surface area contributed by atoms with Crippen LogP contribution >= 0.6 is 0 Å². The van der Waals surface area contributed by atoms with Gasteiger partial charge in [-0.05, 0) is 81.3 Å². The van der Waals surface area contributed by atoms with Gasteiger partial charge < -0.3 is 19.4 Å². The van der Waals surface area contributed by atoms with Crippen molar-refractivity contribution < 1.29 is 28.3 Å². The fourth-order valence-corrected chi connectivity index (χ4v) is 6.95. The molecule has 4 saturated carbocycles. The van der Waals surface area contributed by atoms with Crippen LogP contribution in [0.5, 0.6) is 0 Å². The van der Waals surface area contributed by atoms with E-state index >= 15 is 0 Å². The lowest BCUT2D eigenvalue weighted by Gasteiger charge is -2.56. The Hall–Kier alpha value is -2.84. The molecule has 1 saturated heterocycles. The molecule has 4 bridgehead atoms. The van der Waals surface area contributed by atoms with E-state index in [0.717, 1.165) is 25.7 Å². The molecule has 1 aromatic rings. The molecule has 0 aromatic carbocycles. The number of amides is 4. The first-order valence-corrected chi connectivity index (χ1v) is 12.0. The van der Waals surface area contributed by atoms with Crippen molar-refractivity contribution in [1.82, 2.24) is 15.5 Å². The fourth-order valence-electron chi connectivity index (χ4n) is 6.95. The number of carbonyl (C=O) groups is 4. The summed E-state index contributed by atoms with van der Waals surface area (Å²) in [6, 6.07) is 2.04. The largest absolute Gasteiger partial charge is 0.467 e. The number of carbonyl (C=O) groups excluding carboxylic acids is 4. The Balaban J connectivity index is 1.12. The summed E-state index contributed by atoms with van der Waals surface area (Å²) in [7, 11) is 0. The summed E-state index contributed by atoms with van der Waals surface area (Å²) >= 11 is 0. The standard InChI is InChI=1S/C24H31N3O6/c28-20(26-23(31)25-13-18-3-2-6-32-18)14-33-21(29)19-4-1-5-27(19)22(30)24-10-15-7-16(11-24)9-17(8-15)12-24/h2-3,6,15-17,19H,1,4-5,7-14H2,(H2,25,26,28,31). The zero-order chi connectivity index (χ0) is 23.0. The highest BCUT2D eigenvalue weighted by Gasteiger charge is 2.57. The number of imide groups is 1. The van der Waals surface area contributed by atoms with Gasteiger partial charge in [-0.2, -0.15) is 0 Å². The Morgan fingerprint density at radius 2 is 1.79 bits per heavy atom. The van der Waals surface area contributed by atoms with Crippen molar-refractivity contribution in [2.75, 3.05) is 13.2 Å². The van der Waals surface area contributed by atoms with Crippen molar-refractivity contribution in [3.63, 3.8) is 0 Å². The normalized spacial score (nSPS) is 31.9. The molecule has 9 heteroatoms. The van der Waals surface area contributed by atoms with Gasteiger partial charge in [0.15, 0.2) is 6.61 Å². The molecule has 6 rings (SSSR count). The molecular formula is C24H31N3O6. The number of furan rings is 1. The second kappa shape index (κ2) is 8.83. The first kappa shape index (κ1) is 22.0. The van der Waals surface area contributed by atoms with Gasteiger partial charge in [-0.1, -0.05) is 0 Å². The van der Waals surface area contributed by atoms with E-state index in [0.29, 0.717) is 36.5 Å². The van der Waals surface area contributed by atoms with Gasteiger partial charge in [0.1, 0.15) is 11.8 Å². The Bertz CT molecular complexity index is 891. The number of rotatable bonds is 6. The number of nitrogens with one attached hydrogen (secondary N) is 2. The smallest absolute Gasteiger partial charge is 0.329 e. The van der Waals surface area contributed by atoms with Crippen molar-refractivity contribution in [3.8, 4) is 0 Å². The van der Waals surface area contributed by atoms with E-state index in [-0.39, 0.29) is 17.9 Å². The lowest BCUT2D eigenvalue weighted by molar-refractivity contribution is -0.166. The van der Waals surface area contributed by atoms with Gasteiger partial charge in [-0.15, -0.1) is 0 Å². The minimum absolute atomic E-state index is 0.114. The highest BCUT2D eigenvalue weighted by molar-refractivity contribution is 5.96. The summed E-state index contributed by atoms with van der Waals surface area (Å²) in [5, 5.41) is 4.61. The molecule has 0 spiro atoms. The molecule has 1 aliphatic heterocycles. The lowest BCUT2D eigenvalue weighted by atomic mass is 9.49. The van der Waals surface area contributed by atoms with Crippen LogP contribution in [0.3, 0.4) is 0 Å². The Kier molecular flexibility index (Phi) is 5.88. The van der Waals surface area contributed by atoms with Crippen LogP contribution in [-0.2, 0) is 25.7 Å². The van der Waals surface area contributed by atoms with Gasteiger partial charge in [0.05, 0.1) is 18.2 Å². The number of hydrogen-bond acceptors (Lipinski definition) is 6. The van der Waals surface area contributed by atoms with Crippen LogP contribution < -0.4 is 10.6 Å². The SMILES string of the molecule is O=C(COC(=O)C1CCCN1C(=O)C12CC3CC(CC(C3)C1)C2)NC(=O)NCc1ccco1. The van der Waals surface area contributed by atoms with Crippen LogP contribution in [0.25, 0.3) is 0 Å². The highest BCUT2D eigenvalue weighted by atomic mass is 16.5. The maximum Gasteiger partial charge on any atom is 0.329 e. The third kappa shape index (κ3) is 4.50. The second-order valence-electron chi connectivity index (χ2n) is 10.3. The van der Waals surface area contributed by atoms with E-state index in [4.69, 9.17) is 9.15 Å². The number of likely N-dealkylation sites (tertiary alicyclic amines) is 1. The number of hydrogen-bond donors (Lipinski definition) is 2. The zero-order valence-electron chi connectivity index (χ0n) is 18.7. The van der Waals surface area contributed by atoms with Crippen LogP contribution in [0, 0.1) is 23.2 Å². The first-order valence-electron chi connectivity index (χ1n) is 12.0. The zero-order valence-corrected chi connectivity index (χ0v) is 18.7. The van der Waals surface area contributed by atoms with Crippen LogP contribution in [0.15, 0.2) is 22.8 Å². The molecule has 1 aromatic heterocycles. The maximum absolute atomic E-state index is 13.6. The van der Waals surface area contributed by atoms with Gasteiger partial charge >= 0.3 is 12.0 Å². The van der Waals surface area contributed by atoms with E-state index in [1.54, 1.807) is 17.0 Å². The molecule has 33 heavy (non-hydrogen) atoms. The highest BCUT2D eigenvalue weighted by Crippen LogP contribution is 2.60. The molecule has 5 aliphatic rings. The van der Waals surface area contributed by atoms with Crippen molar-refractivity contribution in [3.05, 3.63) is 24.2 Å². The van der Waals surface area contributed by atoms with E-state index in [1.807, 2.05) is 0 Å². The second-order valence-corrected chi connectivity index (χ2v) is 10.3. The van der Waals surface area contributed by atoms with E-state index in [2.05, 4.69) is 10.6 Å². The number of esters is 1. The monoisotopic (exact) mass is 457 g/mol. The molecular weight excluding hydrogens is 426 g/mol. The Labute approximate surface area is 192 Å². The van der Waals surface area contributed by atoms with Gasteiger partial charge in [0.2, 0.25) is 5.91 Å². The summed E-state index contributed by atoms with van der Waals surface area (Å²) in [6.45, 7) is 0.125. The topological polar surface area (TPSA) is 118 Å². The van der Waals surface area contributed by atoms with Gasteiger partial charge in [-0.3, -0.25) is 14.9 Å². The molecule has 5 fully saturated rings. The molecule has 2 N–H and O–H groups in total. The predicted octanol–water partition coefficient (Wildman–Crippen LogP) is 2.36. The molecule has 4 aliphatic carbocycles. The predicted molar refractivity (Wildman–Crippen MR) is 115 cm³/mol. The molecule has 1 unspecified atom stereocenters. The molecule has 9 nitrogen and oxygen atoms in total. The number of nitrogens with zero attached hydrogens (tertiary/aromatic N) is 1. The summed E-state index contributed by atoms with van der Waals surface area (Å²) in [4.78, 5) is 52.0. The average molecular weight is 458 g/mol. The molecule has 0 radical (unpaired) electrons.